The van der Waals surface area contributed by atoms with E-state index in [-0.39, 0.29) is 17.5 Å². The van der Waals surface area contributed by atoms with Gasteiger partial charge in [-0.15, -0.1) is 0 Å². The van der Waals surface area contributed by atoms with Gasteiger partial charge in [0.2, 0.25) is 0 Å². The van der Waals surface area contributed by atoms with E-state index < -0.39 is 0 Å². The Kier molecular flexibility index (Phi) is 3.15. The van der Waals surface area contributed by atoms with Gasteiger partial charge in [-0.3, -0.25) is 4.79 Å². The molecule has 1 aromatic rings. The molecule has 0 spiro atoms. The summed E-state index contributed by atoms with van der Waals surface area (Å²) in [6, 6.07) is 7.94. The fourth-order valence-electron chi connectivity index (χ4n) is 2.00. The van der Waals surface area contributed by atoms with Crippen LogP contribution in [-0.2, 0) is 11.2 Å². The third-order valence-corrected chi connectivity index (χ3v) is 3.54. The summed E-state index contributed by atoms with van der Waals surface area (Å²) >= 11 is 3.37. The molecule has 0 fully saturated rings. The van der Waals surface area contributed by atoms with E-state index >= 15 is 0 Å². The Bertz CT molecular complexity index is 446. The second kappa shape index (κ2) is 4.42. The molecule has 2 rings (SSSR count). The van der Waals surface area contributed by atoms with Crippen LogP contribution in [0.2, 0.25) is 0 Å². The molecule has 0 amide bonds. The summed E-state index contributed by atoms with van der Waals surface area (Å²) in [4.78, 5) is 11.8. The van der Waals surface area contributed by atoms with Crippen molar-refractivity contribution < 1.29 is 9.90 Å². The lowest BCUT2D eigenvalue weighted by Crippen LogP contribution is -2.12. The molecule has 0 bridgehead atoms. The molecule has 84 valence electrons. The number of aliphatic hydroxyl groups excluding tert-OH is 1. The van der Waals surface area contributed by atoms with Crippen LogP contribution in [0, 0.1) is 5.92 Å². The number of allylic oxidation sites excluding steroid dienone is 2. The van der Waals surface area contributed by atoms with Crippen LogP contribution in [0.25, 0.3) is 0 Å². The largest absolute Gasteiger partial charge is 0.512 e. The van der Waals surface area contributed by atoms with E-state index in [0.29, 0.717) is 18.4 Å². The van der Waals surface area contributed by atoms with Gasteiger partial charge >= 0.3 is 0 Å². The van der Waals surface area contributed by atoms with Crippen molar-refractivity contribution in [3.63, 3.8) is 0 Å². The number of benzene rings is 1. The second-order valence-corrected chi connectivity index (χ2v) is 5.08. The first-order chi connectivity index (χ1) is 7.58. The van der Waals surface area contributed by atoms with Gasteiger partial charge < -0.3 is 5.11 Å². The van der Waals surface area contributed by atoms with Crippen LogP contribution < -0.4 is 0 Å². The predicted octanol–water partition coefficient (Wildman–Crippen LogP) is 3.41. The van der Waals surface area contributed by atoms with E-state index in [4.69, 9.17) is 0 Å². The van der Waals surface area contributed by atoms with Crippen LogP contribution in [0.4, 0.5) is 0 Å². The Labute approximate surface area is 103 Å². The standard InChI is InChI=1S/C13H13BrO2/c1-8-12(15)7-10(13(8)16)6-9-2-4-11(14)5-3-9/h2-5,10,15H,6-7H2,1H3. The van der Waals surface area contributed by atoms with Crippen LogP contribution in [0.1, 0.15) is 18.9 Å². The number of halogens is 1. The molecule has 0 saturated heterocycles. The highest BCUT2D eigenvalue weighted by Gasteiger charge is 2.30. The molecule has 2 nitrogen and oxygen atoms in total. The van der Waals surface area contributed by atoms with Gasteiger partial charge in [-0.05, 0) is 31.0 Å². The maximum atomic E-state index is 11.8. The van der Waals surface area contributed by atoms with Crippen molar-refractivity contribution in [1.82, 2.24) is 0 Å². The molecule has 0 saturated carbocycles. The van der Waals surface area contributed by atoms with Crippen molar-refractivity contribution in [2.24, 2.45) is 5.92 Å². The first kappa shape index (κ1) is 11.4. The monoisotopic (exact) mass is 280 g/mol. The molecule has 1 unspecified atom stereocenters. The van der Waals surface area contributed by atoms with Crippen molar-refractivity contribution in [2.45, 2.75) is 19.8 Å². The van der Waals surface area contributed by atoms with Gasteiger partial charge in [0.15, 0.2) is 5.78 Å². The quantitative estimate of drug-likeness (QED) is 0.902. The number of rotatable bonds is 2. The summed E-state index contributed by atoms with van der Waals surface area (Å²) in [5.41, 5.74) is 1.66. The lowest BCUT2D eigenvalue weighted by atomic mass is 9.95. The smallest absolute Gasteiger partial charge is 0.165 e. The molecule has 3 heteroatoms. The number of aliphatic hydroxyl groups is 1. The van der Waals surface area contributed by atoms with Gasteiger partial charge in [-0.2, -0.15) is 0 Å². The number of Topliss-reactive ketones (excluding diaryl/α,β-unsaturated/α-hetero) is 1. The lowest BCUT2D eigenvalue weighted by molar-refractivity contribution is -0.118. The average Bonchev–Trinajstić information content (AvgIpc) is 2.50. The predicted molar refractivity (Wildman–Crippen MR) is 66.3 cm³/mol. The van der Waals surface area contributed by atoms with Gasteiger partial charge in [0, 0.05) is 22.4 Å². The van der Waals surface area contributed by atoms with Gasteiger partial charge in [0.25, 0.3) is 0 Å². The zero-order chi connectivity index (χ0) is 11.7. The molecule has 0 radical (unpaired) electrons. The molecule has 1 atom stereocenters. The number of carbonyl (C=O) groups excluding carboxylic acids is 1. The summed E-state index contributed by atoms with van der Waals surface area (Å²) in [5.74, 6) is 0.258. The summed E-state index contributed by atoms with van der Waals surface area (Å²) < 4.78 is 1.03. The van der Waals surface area contributed by atoms with Crippen molar-refractivity contribution in [1.29, 1.82) is 0 Å². The Morgan fingerprint density at radius 3 is 2.50 bits per heavy atom. The van der Waals surface area contributed by atoms with E-state index in [9.17, 15) is 9.90 Å². The van der Waals surface area contributed by atoms with E-state index in [1.165, 1.54) is 0 Å². The molecule has 0 aliphatic heterocycles. The zero-order valence-electron chi connectivity index (χ0n) is 9.03. The number of ketones is 1. The Hall–Kier alpha value is -1.09. The van der Waals surface area contributed by atoms with E-state index in [1.54, 1.807) is 6.92 Å². The highest BCUT2D eigenvalue weighted by molar-refractivity contribution is 9.10. The number of hydrogen-bond acceptors (Lipinski definition) is 2. The third-order valence-electron chi connectivity index (χ3n) is 3.01. The molecular weight excluding hydrogens is 268 g/mol. The fraction of sp³-hybridized carbons (Fsp3) is 0.308. The number of hydrogen-bond donors (Lipinski definition) is 1. The highest BCUT2D eigenvalue weighted by atomic mass is 79.9. The number of carbonyl (C=O) groups is 1. The zero-order valence-corrected chi connectivity index (χ0v) is 10.6. The lowest BCUT2D eigenvalue weighted by Gasteiger charge is -2.08. The molecule has 1 aliphatic rings. The van der Waals surface area contributed by atoms with Crippen LogP contribution in [0.15, 0.2) is 40.1 Å². The van der Waals surface area contributed by atoms with E-state index in [1.807, 2.05) is 24.3 Å². The average molecular weight is 281 g/mol. The third kappa shape index (κ3) is 2.19. The minimum absolute atomic E-state index is 0.0822. The first-order valence-corrected chi connectivity index (χ1v) is 6.04. The second-order valence-electron chi connectivity index (χ2n) is 4.17. The molecule has 1 aliphatic carbocycles. The Balaban J connectivity index is 2.08. The molecule has 1 aromatic carbocycles. The van der Waals surface area contributed by atoms with Gasteiger partial charge in [0.05, 0.1) is 5.76 Å². The molecule has 16 heavy (non-hydrogen) atoms. The topological polar surface area (TPSA) is 37.3 Å². The van der Waals surface area contributed by atoms with Crippen molar-refractivity contribution in [2.75, 3.05) is 0 Å². The normalized spacial score (nSPS) is 20.6. The molecular formula is C13H13BrO2. The highest BCUT2D eigenvalue weighted by Crippen LogP contribution is 2.29. The minimum atomic E-state index is -0.0822. The minimum Gasteiger partial charge on any atom is -0.512 e. The maximum Gasteiger partial charge on any atom is 0.165 e. The Morgan fingerprint density at radius 2 is 2.00 bits per heavy atom. The molecule has 0 heterocycles. The summed E-state index contributed by atoms with van der Waals surface area (Å²) in [7, 11) is 0. The van der Waals surface area contributed by atoms with E-state index in [2.05, 4.69) is 15.9 Å². The van der Waals surface area contributed by atoms with Crippen LogP contribution in [0.5, 0.6) is 0 Å². The van der Waals surface area contributed by atoms with E-state index in [0.717, 1.165) is 10.0 Å². The maximum absolute atomic E-state index is 11.8. The Morgan fingerprint density at radius 1 is 1.38 bits per heavy atom. The van der Waals surface area contributed by atoms with Gasteiger partial charge in [-0.25, -0.2) is 0 Å². The van der Waals surface area contributed by atoms with Gasteiger partial charge in [0.1, 0.15) is 0 Å². The SMILES string of the molecule is CC1=C(O)CC(Cc2ccc(Br)cc2)C1=O. The van der Waals surface area contributed by atoms with Crippen molar-refractivity contribution in [3.8, 4) is 0 Å². The molecule has 1 N–H and O–H groups in total. The van der Waals surface area contributed by atoms with Crippen LogP contribution in [-0.4, -0.2) is 10.9 Å². The van der Waals surface area contributed by atoms with Crippen molar-refractivity contribution in [3.05, 3.63) is 45.6 Å². The first-order valence-electron chi connectivity index (χ1n) is 5.25. The van der Waals surface area contributed by atoms with Crippen LogP contribution in [0.3, 0.4) is 0 Å². The fourth-order valence-corrected chi connectivity index (χ4v) is 2.26. The van der Waals surface area contributed by atoms with Crippen LogP contribution >= 0.6 is 15.9 Å². The summed E-state index contributed by atoms with van der Waals surface area (Å²) in [6.45, 7) is 1.69. The summed E-state index contributed by atoms with van der Waals surface area (Å²) in [6.07, 6.45) is 1.19. The van der Waals surface area contributed by atoms with Crippen molar-refractivity contribution >= 4 is 21.7 Å². The van der Waals surface area contributed by atoms with Gasteiger partial charge in [-0.1, -0.05) is 28.1 Å². The molecule has 0 aromatic heterocycles. The summed E-state index contributed by atoms with van der Waals surface area (Å²) in [5, 5.41) is 9.51.